The molecule has 0 spiro atoms. The number of carbonyl (C=O) groups excluding carboxylic acids is 1. The van der Waals surface area contributed by atoms with E-state index in [0.717, 1.165) is 51.6 Å². The number of hydrogen-bond donors (Lipinski definition) is 0. The maximum atomic E-state index is 11.5. The lowest BCUT2D eigenvalue weighted by molar-refractivity contribution is -0.130. The van der Waals surface area contributed by atoms with Crippen molar-refractivity contribution in [3.63, 3.8) is 0 Å². The molecule has 2 saturated heterocycles. The number of ether oxygens (including phenoxy) is 1. The summed E-state index contributed by atoms with van der Waals surface area (Å²) in [6, 6.07) is 8.96. The minimum Gasteiger partial charge on any atom is -0.497 e. The molecule has 2 fully saturated rings. The Bertz CT molecular complexity index is 569. The molecule has 0 bridgehead atoms. The predicted octanol–water partition coefficient (Wildman–Crippen LogP) is 1.68. The Balaban J connectivity index is 1.56. The first-order valence-corrected chi connectivity index (χ1v) is 8.91. The number of benzene rings is 1. The van der Waals surface area contributed by atoms with E-state index >= 15 is 0 Å². The Morgan fingerprint density at radius 3 is 2.62 bits per heavy atom. The van der Waals surface area contributed by atoms with Crippen molar-refractivity contribution >= 4 is 5.91 Å². The SMILES string of the molecule is COc1cccc(CN2C[C@@H](C)[C@H](N3CCN(C(C)=O)CC3)C2)c1. The average molecular weight is 331 g/mol. The summed E-state index contributed by atoms with van der Waals surface area (Å²) in [5, 5.41) is 0. The first kappa shape index (κ1) is 17.2. The van der Waals surface area contributed by atoms with E-state index in [1.54, 1.807) is 14.0 Å². The maximum Gasteiger partial charge on any atom is 0.219 e. The first-order valence-electron chi connectivity index (χ1n) is 8.91. The summed E-state index contributed by atoms with van der Waals surface area (Å²) in [5.74, 6) is 1.80. The van der Waals surface area contributed by atoms with Gasteiger partial charge in [0.15, 0.2) is 0 Å². The lowest BCUT2D eigenvalue weighted by Crippen LogP contribution is -2.53. The predicted molar refractivity (Wildman–Crippen MR) is 95.1 cm³/mol. The highest BCUT2D eigenvalue weighted by atomic mass is 16.5. The van der Waals surface area contributed by atoms with Crippen LogP contribution in [0.5, 0.6) is 5.75 Å². The number of hydrogen-bond acceptors (Lipinski definition) is 4. The van der Waals surface area contributed by atoms with Crippen molar-refractivity contribution in [1.82, 2.24) is 14.7 Å². The van der Waals surface area contributed by atoms with Gasteiger partial charge in [-0.25, -0.2) is 0 Å². The van der Waals surface area contributed by atoms with Gasteiger partial charge < -0.3 is 9.64 Å². The second-order valence-corrected chi connectivity index (χ2v) is 7.13. The molecule has 0 N–H and O–H groups in total. The molecule has 0 aromatic heterocycles. The van der Waals surface area contributed by atoms with Gasteiger partial charge in [0.05, 0.1) is 7.11 Å². The molecule has 132 valence electrons. The van der Waals surface area contributed by atoms with Crippen LogP contribution in [0.15, 0.2) is 24.3 Å². The van der Waals surface area contributed by atoms with E-state index in [1.165, 1.54) is 5.56 Å². The summed E-state index contributed by atoms with van der Waals surface area (Å²) >= 11 is 0. The summed E-state index contributed by atoms with van der Waals surface area (Å²) in [6.07, 6.45) is 0. The highest BCUT2D eigenvalue weighted by Crippen LogP contribution is 2.25. The molecule has 0 saturated carbocycles. The van der Waals surface area contributed by atoms with E-state index in [9.17, 15) is 4.79 Å². The maximum absolute atomic E-state index is 11.5. The molecular weight excluding hydrogens is 302 g/mol. The molecule has 2 aliphatic heterocycles. The van der Waals surface area contributed by atoms with Gasteiger partial charge in [0.25, 0.3) is 0 Å². The van der Waals surface area contributed by atoms with Gasteiger partial charge in [0.1, 0.15) is 5.75 Å². The Hall–Kier alpha value is -1.59. The van der Waals surface area contributed by atoms with E-state index in [-0.39, 0.29) is 5.91 Å². The molecule has 2 atom stereocenters. The lowest BCUT2D eigenvalue weighted by atomic mass is 10.0. The molecule has 24 heavy (non-hydrogen) atoms. The van der Waals surface area contributed by atoms with Gasteiger partial charge in [-0.3, -0.25) is 14.6 Å². The number of rotatable bonds is 4. The summed E-state index contributed by atoms with van der Waals surface area (Å²) < 4.78 is 5.33. The van der Waals surface area contributed by atoms with Crippen molar-refractivity contribution < 1.29 is 9.53 Å². The van der Waals surface area contributed by atoms with Crippen LogP contribution < -0.4 is 4.74 Å². The van der Waals surface area contributed by atoms with Gasteiger partial charge in [-0.1, -0.05) is 19.1 Å². The molecule has 2 heterocycles. The van der Waals surface area contributed by atoms with Crippen LogP contribution in [0.1, 0.15) is 19.4 Å². The number of likely N-dealkylation sites (tertiary alicyclic amines) is 1. The third kappa shape index (κ3) is 3.90. The standard InChI is InChI=1S/C19H29N3O2/c1-15-12-20(13-17-5-4-6-18(11-17)24-3)14-19(15)22-9-7-21(8-10-22)16(2)23/h4-6,11,15,19H,7-10,12-14H2,1-3H3/t15-,19-/m1/s1. The van der Waals surface area contributed by atoms with Gasteiger partial charge in [0.2, 0.25) is 5.91 Å². The normalized spacial score (nSPS) is 25.9. The van der Waals surface area contributed by atoms with Crippen molar-refractivity contribution in [2.24, 2.45) is 5.92 Å². The van der Waals surface area contributed by atoms with Crippen LogP contribution in [-0.2, 0) is 11.3 Å². The Morgan fingerprint density at radius 1 is 1.21 bits per heavy atom. The second kappa shape index (κ2) is 7.53. The molecule has 1 aromatic rings. The number of nitrogens with zero attached hydrogens (tertiary/aromatic N) is 3. The lowest BCUT2D eigenvalue weighted by Gasteiger charge is -2.39. The largest absolute Gasteiger partial charge is 0.497 e. The van der Waals surface area contributed by atoms with Crippen LogP contribution in [0.2, 0.25) is 0 Å². The third-order valence-corrected chi connectivity index (χ3v) is 5.42. The molecule has 5 nitrogen and oxygen atoms in total. The van der Waals surface area contributed by atoms with Crippen LogP contribution in [0, 0.1) is 5.92 Å². The molecule has 3 rings (SSSR count). The molecular formula is C19H29N3O2. The Kier molecular flexibility index (Phi) is 5.41. The Labute approximate surface area is 145 Å². The summed E-state index contributed by atoms with van der Waals surface area (Å²) in [4.78, 5) is 18.6. The molecule has 0 aliphatic carbocycles. The van der Waals surface area contributed by atoms with Crippen LogP contribution in [0.25, 0.3) is 0 Å². The average Bonchev–Trinajstić information content (AvgIpc) is 2.95. The van der Waals surface area contributed by atoms with Crippen LogP contribution in [0.4, 0.5) is 0 Å². The zero-order chi connectivity index (χ0) is 17.1. The fourth-order valence-corrected chi connectivity index (χ4v) is 4.05. The molecule has 2 aliphatic rings. The molecule has 0 unspecified atom stereocenters. The second-order valence-electron chi connectivity index (χ2n) is 7.13. The number of amides is 1. The van der Waals surface area contributed by atoms with E-state index in [2.05, 4.69) is 34.9 Å². The van der Waals surface area contributed by atoms with Crippen LogP contribution in [0.3, 0.4) is 0 Å². The van der Waals surface area contributed by atoms with Crippen LogP contribution in [-0.4, -0.2) is 73.0 Å². The van der Waals surface area contributed by atoms with Crippen molar-refractivity contribution in [2.75, 3.05) is 46.4 Å². The molecule has 1 amide bonds. The summed E-state index contributed by atoms with van der Waals surface area (Å²) in [5.41, 5.74) is 1.31. The summed E-state index contributed by atoms with van der Waals surface area (Å²) in [6.45, 7) is 11.0. The summed E-state index contributed by atoms with van der Waals surface area (Å²) in [7, 11) is 1.72. The molecule has 5 heteroatoms. The van der Waals surface area contributed by atoms with Gasteiger partial charge in [-0.15, -0.1) is 0 Å². The van der Waals surface area contributed by atoms with Crippen molar-refractivity contribution in [2.45, 2.75) is 26.4 Å². The highest BCUT2D eigenvalue weighted by Gasteiger charge is 2.35. The fraction of sp³-hybridized carbons (Fsp3) is 0.632. The molecule has 1 aromatic carbocycles. The van der Waals surface area contributed by atoms with E-state index in [4.69, 9.17) is 4.74 Å². The van der Waals surface area contributed by atoms with Crippen LogP contribution >= 0.6 is 0 Å². The van der Waals surface area contributed by atoms with Gasteiger partial charge >= 0.3 is 0 Å². The van der Waals surface area contributed by atoms with Gasteiger partial charge in [-0.05, 0) is 23.6 Å². The van der Waals surface area contributed by atoms with E-state index in [0.29, 0.717) is 12.0 Å². The first-order chi connectivity index (χ1) is 11.6. The van der Waals surface area contributed by atoms with E-state index < -0.39 is 0 Å². The number of methoxy groups -OCH3 is 1. The fourth-order valence-electron chi connectivity index (χ4n) is 4.05. The highest BCUT2D eigenvalue weighted by molar-refractivity contribution is 5.73. The zero-order valence-electron chi connectivity index (χ0n) is 15.1. The van der Waals surface area contributed by atoms with Gasteiger partial charge in [0, 0.05) is 58.8 Å². The number of carbonyl (C=O) groups is 1. The minimum absolute atomic E-state index is 0.203. The number of piperazine rings is 1. The monoisotopic (exact) mass is 331 g/mol. The van der Waals surface area contributed by atoms with E-state index in [1.807, 2.05) is 11.0 Å². The third-order valence-electron chi connectivity index (χ3n) is 5.42. The van der Waals surface area contributed by atoms with Crippen molar-refractivity contribution in [1.29, 1.82) is 0 Å². The Morgan fingerprint density at radius 2 is 1.96 bits per heavy atom. The smallest absolute Gasteiger partial charge is 0.219 e. The van der Waals surface area contributed by atoms with Crippen molar-refractivity contribution in [3.05, 3.63) is 29.8 Å². The van der Waals surface area contributed by atoms with Crippen molar-refractivity contribution in [3.8, 4) is 5.75 Å². The topological polar surface area (TPSA) is 36.0 Å². The zero-order valence-corrected chi connectivity index (χ0v) is 15.1. The quantitative estimate of drug-likeness (QED) is 0.841. The minimum atomic E-state index is 0.203. The molecule has 0 radical (unpaired) electrons. The van der Waals surface area contributed by atoms with Gasteiger partial charge in [-0.2, -0.15) is 0 Å².